The second-order valence-corrected chi connectivity index (χ2v) is 3.84. The van der Waals surface area contributed by atoms with Crippen LogP contribution in [0.3, 0.4) is 0 Å². The van der Waals surface area contributed by atoms with Crippen molar-refractivity contribution in [2.75, 3.05) is 11.4 Å². The van der Waals surface area contributed by atoms with E-state index >= 15 is 0 Å². The van der Waals surface area contributed by atoms with Crippen LogP contribution >= 0.6 is 0 Å². The molecule has 0 aromatic carbocycles. The first kappa shape index (κ1) is 9.07. The minimum absolute atomic E-state index is 0.511. The van der Waals surface area contributed by atoms with Gasteiger partial charge in [0.2, 0.25) is 0 Å². The third-order valence-corrected chi connectivity index (χ3v) is 2.75. The molecule has 0 saturated carbocycles. The van der Waals surface area contributed by atoms with Crippen LogP contribution in [0.25, 0.3) is 0 Å². The van der Waals surface area contributed by atoms with Crippen LogP contribution in [0.15, 0.2) is 6.20 Å². The van der Waals surface area contributed by atoms with Gasteiger partial charge in [-0.3, -0.25) is 4.68 Å². The Morgan fingerprint density at radius 3 is 3.00 bits per heavy atom. The molecule has 4 heteroatoms. The largest absolute Gasteiger partial charge is 0.351 e. The Morgan fingerprint density at radius 1 is 1.64 bits per heavy atom. The zero-order chi connectivity index (χ0) is 10.1. The van der Waals surface area contributed by atoms with Gasteiger partial charge in [0.25, 0.3) is 0 Å². The number of aromatic nitrogens is 2. The number of rotatable bonds is 1. The molecule has 1 aliphatic heterocycles. The van der Waals surface area contributed by atoms with Crippen molar-refractivity contribution in [2.24, 2.45) is 7.05 Å². The molecule has 14 heavy (non-hydrogen) atoms. The lowest BCUT2D eigenvalue weighted by atomic mass is 10.2. The fourth-order valence-electron chi connectivity index (χ4n) is 2.02. The number of aryl methyl sites for hydroxylation is 1. The fraction of sp³-hybridized carbons (Fsp3) is 0.600. The first-order chi connectivity index (χ1) is 6.72. The smallest absolute Gasteiger partial charge is 0.168 e. The molecule has 74 valence electrons. The number of anilines is 1. The number of hydrogen-bond donors (Lipinski definition) is 0. The van der Waals surface area contributed by atoms with E-state index in [2.05, 4.69) is 23.0 Å². The SMILES string of the molecule is CC1CCCN1c1nn(C)cc1C#N. The summed E-state index contributed by atoms with van der Waals surface area (Å²) in [5.41, 5.74) is 0.682. The van der Waals surface area contributed by atoms with Crippen molar-refractivity contribution < 1.29 is 0 Å². The third kappa shape index (κ3) is 1.35. The number of hydrogen-bond acceptors (Lipinski definition) is 3. The van der Waals surface area contributed by atoms with E-state index in [0.717, 1.165) is 12.4 Å². The first-order valence-electron chi connectivity index (χ1n) is 4.92. The third-order valence-electron chi connectivity index (χ3n) is 2.75. The lowest BCUT2D eigenvalue weighted by Gasteiger charge is -2.20. The lowest BCUT2D eigenvalue weighted by Crippen LogP contribution is -2.27. The van der Waals surface area contributed by atoms with Crippen molar-refractivity contribution in [2.45, 2.75) is 25.8 Å². The Morgan fingerprint density at radius 2 is 2.43 bits per heavy atom. The minimum Gasteiger partial charge on any atom is -0.351 e. The Kier molecular flexibility index (Phi) is 2.16. The summed E-state index contributed by atoms with van der Waals surface area (Å²) in [6.07, 6.45) is 4.17. The van der Waals surface area contributed by atoms with Crippen LogP contribution in [0.2, 0.25) is 0 Å². The summed E-state index contributed by atoms with van der Waals surface area (Å²) in [7, 11) is 1.85. The molecule has 1 saturated heterocycles. The van der Waals surface area contributed by atoms with Crippen molar-refractivity contribution in [3.05, 3.63) is 11.8 Å². The second-order valence-electron chi connectivity index (χ2n) is 3.84. The average molecular weight is 190 g/mol. The predicted octanol–water partition coefficient (Wildman–Crippen LogP) is 1.28. The van der Waals surface area contributed by atoms with Gasteiger partial charge in [-0.1, -0.05) is 0 Å². The maximum absolute atomic E-state index is 8.95. The van der Waals surface area contributed by atoms with Crippen molar-refractivity contribution in [3.8, 4) is 6.07 Å². The van der Waals surface area contributed by atoms with Gasteiger partial charge in [-0.15, -0.1) is 0 Å². The van der Waals surface area contributed by atoms with Gasteiger partial charge in [-0.25, -0.2) is 0 Å². The molecule has 0 spiro atoms. The highest BCUT2D eigenvalue weighted by Crippen LogP contribution is 2.26. The zero-order valence-corrected chi connectivity index (χ0v) is 8.56. The molecule has 0 aliphatic carbocycles. The Balaban J connectivity index is 2.35. The van der Waals surface area contributed by atoms with Gasteiger partial charge in [0.15, 0.2) is 5.82 Å². The molecule has 1 aromatic heterocycles. The van der Waals surface area contributed by atoms with Gasteiger partial charge in [-0.2, -0.15) is 10.4 Å². The summed E-state index contributed by atoms with van der Waals surface area (Å²) in [6, 6.07) is 2.70. The monoisotopic (exact) mass is 190 g/mol. The molecule has 0 amide bonds. The molecule has 2 rings (SSSR count). The van der Waals surface area contributed by atoms with Crippen LogP contribution in [0.5, 0.6) is 0 Å². The van der Waals surface area contributed by atoms with Crippen LogP contribution in [0.1, 0.15) is 25.3 Å². The lowest BCUT2D eigenvalue weighted by molar-refractivity contribution is 0.703. The highest BCUT2D eigenvalue weighted by molar-refractivity contribution is 5.54. The van der Waals surface area contributed by atoms with Crippen LogP contribution < -0.4 is 4.90 Å². The summed E-state index contributed by atoms with van der Waals surface area (Å²) in [5, 5.41) is 13.3. The summed E-state index contributed by atoms with van der Waals surface area (Å²) < 4.78 is 1.71. The molecular formula is C10H14N4. The second kappa shape index (κ2) is 3.33. The number of nitrogens with zero attached hydrogens (tertiary/aromatic N) is 4. The van der Waals surface area contributed by atoms with Crippen molar-refractivity contribution >= 4 is 5.82 Å². The maximum atomic E-state index is 8.95. The highest BCUT2D eigenvalue weighted by Gasteiger charge is 2.24. The Labute approximate surface area is 83.7 Å². The van der Waals surface area contributed by atoms with E-state index in [1.165, 1.54) is 12.8 Å². The maximum Gasteiger partial charge on any atom is 0.168 e. The van der Waals surface area contributed by atoms with Gasteiger partial charge in [0, 0.05) is 25.8 Å². The van der Waals surface area contributed by atoms with Gasteiger partial charge in [-0.05, 0) is 19.8 Å². The molecule has 1 unspecified atom stereocenters. The van der Waals surface area contributed by atoms with Gasteiger partial charge >= 0.3 is 0 Å². The minimum atomic E-state index is 0.511. The van der Waals surface area contributed by atoms with Crippen LogP contribution in [0.4, 0.5) is 5.82 Å². The molecule has 0 bridgehead atoms. The zero-order valence-electron chi connectivity index (χ0n) is 8.56. The van der Waals surface area contributed by atoms with E-state index in [9.17, 15) is 0 Å². The van der Waals surface area contributed by atoms with E-state index in [4.69, 9.17) is 5.26 Å². The van der Waals surface area contributed by atoms with Crippen LogP contribution in [0, 0.1) is 11.3 Å². The predicted molar refractivity (Wildman–Crippen MR) is 54.0 cm³/mol. The Bertz CT molecular complexity index is 374. The van der Waals surface area contributed by atoms with Crippen LogP contribution in [-0.2, 0) is 7.05 Å². The van der Waals surface area contributed by atoms with E-state index in [-0.39, 0.29) is 0 Å². The molecule has 0 N–H and O–H groups in total. The van der Waals surface area contributed by atoms with Crippen molar-refractivity contribution in [1.29, 1.82) is 5.26 Å². The molecule has 1 aromatic rings. The van der Waals surface area contributed by atoms with E-state index < -0.39 is 0 Å². The van der Waals surface area contributed by atoms with Gasteiger partial charge < -0.3 is 4.90 Å². The summed E-state index contributed by atoms with van der Waals surface area (Å²) >= 11 is 0. The molecule has 1 aliphatic rings. The molecular weight excluding hydrogens is 176 g/mol. The highest BCUT2D eigenvalue weighted by atomic mass is 15.3. The average Bonchev–Trinajstić information content (AvgIpc) is 2.71. The first-order valence-corrected chi connectivity index (χ1v) is 4.92. The van der Waals surface area contributed by atoms with Crippen LogP contribution in [-0.4, -0.2) is 22.4 Å². The van der Waals surface area contributed by atoms with E-state index in [0.29, 0.717) is 11.6 Å². The van der Waals surface area contributed by atoms with Crippen molar-refractivity contribution in [1.82, 2.24) is 9.78 Å². The molecule has 0 radical (unpaired) electrons. The molecule has 1 atom stereocenters. The van der Waals surface area contributed by atoms with E-state index in [1.54, 1.807) is 10.9 Å². The topological polar surface area (TPSA) is 44.9 Å². The quantitative estimate of drug-likeness (QED) is 0.670. The standard InChI is InChI=1S/C10H14N4/c1-8-4-3-5-14(8)10-9(6-11)7-13(2)12-10/h7-8H,3-5H2,1-2H3. The normalized spacial score (nSPS) is 21.2. The Hall–Kier alpha value is -1.50. The fourth-order valence-corrected chi connectivity index (χ4v) is 2.02. The number of nitriles is 1. The molecule has 2 heterocycles. The molecule has 4 nitrogen and oxygen atoms in total. The summed E-state index contributed by atoms with van der Waals surface area (Å²) in [4.78, 5) is 2.22. The van der Waals surface area contributed by atoms with E-state index in [1.807, 2.05) is 7.05 Å². The summed E-state index contributed by atoms with van der Waals surface area (Å²) in [5.74, 6) is 0.847. The van der Waals surface area contributed by atoms with Crippen molar-refractivity contribution in [3.63, 3.8) is 0 Å². The van der Waals surface area contributed by atoms with Gasteiger partial charge in [0.1, 0.15) is 11.6 Å². The molecule has 1 fully saturated rings. The summed E-state index contributed by atoms with van der Waals surface area (Å²) in [6.45, 7) is 3.20. The van der Waals surface area contributed by atoms with Gasteiger partial charge in [0.05, 0.1) is 0 Å².